The first-order valence-electron chi connectivity index (χ1n) is 10.2. The van der Waals surface area contributed by atoms with Crippen LogP contribution in [0.2, 0.25) is 0 Å². The van der Waals surface area contributed by atoms with Crippen LogP contribution in [0.3, 0.4) is 0 Å². The Hall–Kier alpha value is -2.02. The number of benzene rings is 1. The summed E-state index contributed by atoms with van der Waals surface area (Å²) in [7, 11) is 1.79. The molecule has 7 heteroatoms. The second-order valence-corrected chi connectivity index (χ2v) is 8.53. The number of aromatic nitrogens is 2. The number of hydrogen-bond donors (Lipinski definition) is 1. The molecule has 1 aromatic heterocycles. The number of anilines is 1. The maximum Gasteiger partial charge on any atom is 0.293 e. The molecule has 3 rings (SSSR count). The van der Waals surface area contributed by atoms with Gasteiger partial charge in [-0.1, -0.05) is 19.1 Å². The number of aryl methyl sites for hydroxylation is 1. The Labute approximate surface area is 170 Å². The molecule has 1 N–H and O–H groups in total. The summed E-state index contributed by atoms with van der Waals surface area (Å²) in [5, 5.41) is 3.08. The molecule has 0 atom stereocenters. The van der Waals surface area contributed by atoms with E-state index < -0.39 is 0 Å². The minimum atomic E-state index is -0.0776. The van der Waals surface area contributed by atoms with Gasteiger partial charge in [-0.15, -0.1) is 0 Å². The molecule has 6 nitrogen and oxygen atoms in total. The van der Waals surface area contributed by atoms with Crippen molar-refractivity contribution in [2.24, 2.45) is 13.0 Å². The molecule has 0 bridgehead atoms. The zero-order valence-corrected chi connectivity index (χ0v) is 17.6. The van der Waals surface area contributed by atoms with Crippen LogP contribution >= 0.6 is 11.8 Å². The number of nitrogens with one attached hydrogen (secondary N) is 1. The molecule has 0 radical (unpaired) electrons. The van der Waals surface area contributed by atoms with Crippen molar-refractivity contribution in [1.29, 1.82) is 0 Å². The molecule has 0 unspecified atom stereocenters. The quantitative estimate of drug-likeness (QED) is 0.688. The highest BCUT2D eigenvalue weighted by Crippen LogP contribution is 2.21. The average molecular weight is 403 g/mol. The van der Waals surface area contributed by atoms with Crippen LogP contribution in [0.25, 0.3) is 11.0 Å². The number of fused-ring (bicyclic) bond motifs is 1. The highest BCUT2D eigenvalue weighted by Gasteiger charge is 2.27. The van der Waals surface area contributed by atoms with Crippen molar-refractivity contribution in [3.05, 3.63) is 34.6 Å². The molecule has 1 saturated heterocycles. The monoisotopic (exact) mass is 402 g/mol. The number of carbonyl (C=O) groups excluding carboxylic acids is 1. The molecule has 0 saturated carbocycles. The second-order valence-electron chi connectivity index (χ2n) is 7.31. The molecule has 1 aromatic carbocycles. The van der Waals surface area contributed by atoms with Crippen LogP contribution in [0.15, 0.2) is 29.1 Å². The van der Waals surface area contributed by atoms with E-state index in [2.05, 4.69) is 17.2 Å². The summed E-state index contributed by atoms with van der Waals surface area (Å²) in [6.45, 7) is 4.31. The van der Waals surface area contributed by atoms with Crippen LogP contribution in [0, 0.1) is 5.92 Å². The molecule has 0 spiro atoms. The molecule has 2 heterocycles. The Balaban J connectivity index is 1.54. The number of thioether (sulfide) groups is 1. The predicted octanol–water partition coefficient (Wildman–Crippen LogP) is 2.80. The standard InChI is InChI=1S/C21H30N4O2S/c1-3-14-28-15-6-11-22-20(26)16-9-12-25(13-10-16)19-21(27)24(2)18-8-5-4-7-17(18)23-19/h4-5,7-8,16H,3,6,9-15H2,1-2H3,(H,22,26). The Morgan fingerprint density at radius 1 is 1.25 bits per heavy atom. The van der Waals surface area contributed by atoms with Crippen LogP contribution in [0.1, 0.15) is 32.6 Å². The second kappa shape index (κ2) is 9.96. The van der Waals surface area contributed by atoms with Gasteiger partial charge in [-0.05, 0) is 49.3 Å². The van der Waals surface area contributed by atoms with E-state index in [0.717, 1.165) is 42.6 Å². The largest absolute Gasteiger partial charge is 0.356 e. The van der Waals surface area contributed by atoms with Gasteiger partial charge in [-0.3, -0.25) is 9.59 Å². The predicted molar refractivity (Wildman–Crippen MR) is 117 cm³/mol. The third-order valence-electron chi connectivity index (χ3n) is 5.24. The lowest BCUT2D eigenvalue weighted by Crippen LogP contribution is -2.43. The fraction of sp³-hybridized carbons (Fsp3) is 0.571. The van der Waals surface area contributed by atoms with E-state index in [1.807, 2.05) is 40.9 Å². The van der Waals surface area contributed by atoms with Crippen molar-refractivity contribution in [2.75, 3.05) is 36.0 Å². The van der Waals surface area contributed by atoms with E-state index in [0.29, 0.717) is 18.9 Å². The number of amides is 1. The highest BCUT2D eigenvalue weighted by molar-refractivity contribution is 7.99. The molecule has 1 amide bonds. The van der Waals surface area contributed by atoms with Crippen molar-refractivity contribution in [2.45, 2.75) is 32.6 Å². The number of piperidine rings is 1. The Morgan fingerprint density at radius 3 is 2.75 bits per heavy atom. The first-order valence-corrected chi connectivity index (χ1v) is 11.3. The normalized spacial score (nSPS) is 15.1. The van der Waals surface area contributed by atoms with Crippen molar-refractivity contribution < 1.29 is 4.79 Å². The van der Waals surface area contributed by atoms with Gasteiger partial charge in [0, 0.05) is 32.6 Å². The fourth-order valence-electron chi connectivity index (χ4n) is 3.60. The first-order chi connectivity index (χ1) is 13.6. The lowest BCUT2D eigenvalue weighted by atomic mass is 9.96. The van der Waals surface area contributed by atoms with Crippen molar-refractivity contribution in [3.8, 4) is 0 Å². The van der Waals surface area contributed by atoms with Gasteiger partial charge in [0.1, 0.15) is 0 Å². The van der Waals surface area contributed by atoms with E-state index in [-0.39, 0.29) is 17.4 Å². The summed E-state index contributed by atoms with van der Waals surface area (Å²) < 4.78 is 1.66. The van der Waals surface area contributed by atoms with Crippen LogP contribution < -0.4 is 15.8 Å². The van der Waals surface area contributed by atoms with E-state index in [1.165, 1.54) is 12.2 Å². The van der Waals surface area contributed by atoms with Crippen LogP contribution in [-0.4, -0.2) is 46.6 Å². The number of rotatable bonds is 8. The summed E-state index contributed by atoms with van der Waals surface area (Å²) in [5.41, 5.74) is 1.58. The molecule has 1 aliphatic rings. The van der Waals surface area contributed by atoms with Gasteiger partial charge < -0.3 is 14.8 Å². The number of nitrogens with zero attached hydrogens (tertiary/aromatic N) is 3. The summed E-state index contributed by atoms with van der Waals surface area (Å²) in [5.74, 6) is 2.97. The van der Waals surface area contributed by atoms with Gasteiger partial charge in [0.05, 0.1) is 11.0 Å². The molecular weight excluding hydrogens is 372 g/mol. The minimum Gasteiger partial charge on any atom is -0.356 e. The molecule has 28 heavy (non-hydrogen) atoms. The third-order valence-corrected chi connectivity index (χ3v) is 6.52. The molecule has 0 aliphatic carbocycles. The topological polar surface area (TPSA) is 67.2 Å². The smallest absolute Gasteiger partial charge is 0.293 e. The van der Waals surface area contributed by atoms with E-state index in [9.17, 15) is 9.59 Å². The van der Waals surface area contributed by atoms with Gasteiger partial charge in [0.2, 0.25) is 5.91 Å². The first kappa shape index (κ1) is 20.7. The lowest BCUT2D eigenvalue weighted by molar-refractivity contribution is -0.125. The average Bonchev–Trinajstić information content (AvgIpc) is 2.73. The van der Waals surface area contributed by atoms with Gasteiger partial charge >= 0.3 is 0 Å². The maximum atomic E-state index is 12.7. The van der Waals surface area contributed by atoms with Crippen molar-refractivity contribution >= 4 is 34.5 Å². The molecule has 152 valence electrons. The lowest BCUT2D eigenvalue weighted by Gasteiger charge is -2.32. The zero-order valence-electron chi connectivity index (χ0n) is 16.8. The Morgan fingerprint density at radius 2 is 2.00 bits per heavy atom. The molecule has 2 aromatic rings. The van der Waals surface area contributed by atoms with E-state index in [4.69, 9.17) is 0 Å². The van der Waals surface area contributed by atoms with Gasteiger partial charge in [0.25, 0.3) is 5.56 Å². The number of para-hydroxylation sites is 2. The summed E-state index contributed by atoms with van der Waals surface area (Å²) in [6.07, 6.45) is 3.74. The molecular formula is C21H30N4O2S. The van der Waals surface area contributed by atoms with Crippen LogP contribution in [0.4, 0.5) is 5.82 Å². The van der Waals surface area contributed by atoms with Crippen molar-refractivity contribution in [3.63, 3.8) is 0 Å². The highest BCUT2D eigenvalue weighted by atomic mass is 32.2. The molecule has 1 fully saturated rings. The summed E-state index contributed by atoms with van der Waals surface area (Å²) in [4.78, 5) is 31.8. The summed E-state index contributed by atoms with van der Waals surface area (Å²) >= 11 is 1.95. The van der Waals surface area contributed by atoms with Crippen LogP contribution in [0.5, 0.6) is 0 Å². The molecule has 1 aliphatic heterocycles. The zero-order chi connectivity index (χ0) is 19.9. The van der Waals surface area contributed by atoms with E-state index in [1.54, 1.807) is 11.6 Å². The van der Waals surface area contributed by atoms with Crippen LogP contribution in [-0.2, 0) is 11.8 Å². The van der Waals surface area contributed by atoms with Crippen molar-refractivity contribution in [1.82, 2.24) is 14.9 Å². The SMILES string of the molecule is CCCSCCCNC(=O)C1CCN(c2nc3ccccc3n(C)c2=O)CC1. The maximum absolute atomic E-state index is 12.7. The van der Waals surface area contributed by atoms with E-state index >= 15 is 0 Å². The Kier molecular flexibility index (Phi) is 7.36. The van der Waals surface area contributed by atoms with Gasteiger partial charge in [-0.2, -0.15) is 11.8 Å². The minimum absolute atomic E-state index is 0.0313. The number of hydrogen-bond acceptors (Lipinski definition) is 5. The third kappa shape index (κ3) is 4.87. The Bertz CT molecular complexity index is 859. The fourth-order valence-corrected chi connectivity index (χ4v) is 4.44. The summed E-state index contributed by atoms with van der Waals surface area (Å²) in [6, 6.07) is 7.68. The van der Waals surface area contributed by atoms with Gasteiger partial charge in [-0.25, -0.2) is 4.98 Å². The number of carbonyl (C=O) groups is 1. The van der Waals surface area contributed by atoms with Gasteiger partial charge in [0.15, 0.2) is 5.82 Å².